The summed E-state index contributed by atoms with van der Waals surface area (Å²) < 4.78 is 1.80. The summed E-state index contributed by atoms with van der Waals surface area (Å²) in [4.78, 5) is 25.1. The molecule has 0 saturated heterocycles. The zero-order chi connectivity index (χ0) is 24.1. The maximum Gasteiger partial charge on any atom is 0.251 e. The van der Waals surface area contributed by atoms with Gasteiger partial charge in [-0.25, -0.2) is 0 Å². The third kappa shape index (κ3) is 6.50. The van der Waals surface area contributed by atoms with E-state index in [9.17, 15) is 9.59 Å². The van der Waals surface area contributed by atoms with E-state index in [0.717, 1.165) is 11.3 Å². The van der Waals surface area contributed by atoms with Crippen LogP contribution in [0.5, 0.6) is 0 Å². The first kappa shape index (κ1) is 25.1. The minimum absolute atomic E-state index is 0.0438. The van der Waals surface area contributed by atoms with Gasteiger partial charge in [0.2, 0.25) is 5.91 Å². The third-order valence-electron chi connectivity index (χ3n) is 4.95. The number of carbonyl (C=O) groups is 2. The van der Waals surface area contributed by atoms with E-state index in [0.29, 0.717) is 26.6 Å². The van der Waals surface area contributed by atoms with E-state index in [1.807, 2.05) is 52.1 Å². The van der Waals surface area contributed by atoms with Gasteiger partial charge in [-0.1, -0.05) is 66.5 Å². The van der Waals surface area contributed by atoms with Gasteiger partial charge in [0.25, 0.3) is 5.91 Å². The molecule has 0 fully saturated rings. The Hall–Kier alpha value is -2.55. The molecule has 2 amide bonds. The molecule has 0 spiro atoms. The van der Waals surface area contributed by atoms with E-state index >= 15 is 0 Å². The highest BCUT2D eigenvalue weighted by Crippen LogP contribution is 2.26. The highest BCUT2D eigenvalue weighted by atomic mass is 35.5. The molecule has 1 aromatic heterocycles. The molecule has 0 bridgehead atoms. The lowest BCUT2D eigenvalue weighted by molar-refractivity contribution is -0.113. The first-order valence-corrected chi connectivity index (χ1v) is 12.0. The fourth-order valence-corrected chi connectivity index (χ4v) is 4.09. The van der Waals surface area contributed by atoms with Crippen molar-refractivity contribution in [3.8, 4) is 0 Å². The maximum absolute atomic E-state index is 12.8. The standard InChI is InChI=1S/C23H25Cl2N5O2S/c1-13(2)20(27-22(32)15-7-10-17(24)18(25)11-15)21-28-29-23(30(21)4)33-12-19(31)26-16-8-5-14(3)6-9-16/h5-11,13,20H,12H2,1-4H3,(H,26,31)(H,27,32)/t20-/m0/s1. The number of thioether (sulfide) groups is 1. The minimum Gasteiger partial charge on any atom is -0.342 e. The summed E-state index contributed by atoms with van der Waals surface area (Å²) in [5.41, 5.74) is 2.27. The lowest BCUT2D eigenvalue weighted by Gasteiger charge is -2.22. The Balaban J connectivity index is 1.67. The van der Waals surface area contributed by atoms with Gasteiger partial charge in [-0.2, -0.15) is 0 Å². The molecule has 3 rings (SSSR count). The van der Waals surface area contributed by atoms with Crippen molar-refractivity contribution in [2.24, 2.45) is 13.0 Å². The SMILES string of the molecule is Cc1ccc(NC(=O)CSc2nnc([C@@H](NC(=O)c3ccc(Cl)c(Cl)c3)C(C)C)n2C)cc1. The molecule has 3 aromatic rings. The topological polar surface area (TPSA) is 88.9 Å². The Morgan fingerprint density at radius 3 is 2.39 bits per heavy atom. The van der Waals surface area contributed by atoms with E-state index in [-0.39, 0.29) is 29.5 Å². The summed E-state index contributed by atoms with van der Waals surface area (Å²) >= 11 is 13.3. The fraction of sp³-hybridized carbons (Fsp3) is 0.304. The van der Waals surface area contributed by atoms with E-state index in [2.05, 4.69) is 20.8 Å². The number of amides is 2. The monoisotopic (exact) mass is 505 g/mol. The number of benzene rings is 2. The van der Waals surface area contributed by atoms with Gasteiger partial charge in [-0.05, 0) is 43.2 Å². The molecule has 0 aliphatic heterocycles. The molecule has 2 N–H and O–H groups in total. The average Bonchev–Trinajstić information content (AvgIpc) is 3.13. The molecular formula is C23H25Cl2N5O2S. The summed E-state index contributed by atoms with van der Waals surface area (Å²) in [6, 6.07) is 11.9. The molecule has 0 aliphatic rings. The second kappa shape index (κ2) is 11.0. The molecule has 174 valence electrons. The van der Waals surface area contributed by atoms with Gasteiger partial charge in [0.15, 0.2) is 11.0 Å². The van der Waals surface area contributed by atoms with Crippen LogP contribution in [-0.4, -0.2) is 32.3 Å². The number of nitrogens with one attached hydrogen (secondary N) is 2. The van der Waals surface area contributed by atoms with Gasteiger partial charge in [0.1, 0.15) is 0 Å². The number of hydrogen-bond donors (Lipinski definition) is 2. The Morgan fingerprint density at radius 1 is 1.06 bits per heavy atom. The van der Waals surface area contributed by atoms with E-state index < -0.39 is 0 Å². The summed E-state index contributed by atoms with van der Waals surface area (Å²) in [6.45, 7) is 5.96. The molecule has 2 aromatic carbocycles. The Morgan fingerprint density at radius 2 is 1.76 bits per heavy atom. The largest absolute Gasteiger partial charge is 0.342 e. The van der Waals surface area contributed by atoms with Crippen molar-refractivity contribution in [1.82, 2.24) is 20.1 Å². The van der Waals surface area contributed by atoms with Gasteiger partial charge in [-0.3, -0.25) is 9.59 Å². The first-order valence-electron chi connectivity index (χ1n) is 10.3. The zero-order valence-corrected chi connectivity index (χ0v) is 21.1. The summed E-state index contributed by atoms with van der Waals surface area (Å²) in [7, 11) is 1.82. The van der Waals surface area contributed by atoms with Crippen LogP contribution < -0.4 is 10.6 Å². The normalized spacial score (nSPS) is 12.0. The molecule has 0 radical (unpaired) electrons. The molecule has 7 nitrogen and oxygen atoms in total. The van der Waals surface area contributed by atoms with Gasteiger partial charge in [-0.15, -0.1) is 10.2 Å². The Bertz CT molecular complexity index is 1150. The average molecular weight is 506 g/mol. The Kier molecular flexibility index (Phi) is 8.40. The zero-order valence-electron chi connectivity index (χ0n) is 18.7. The van der Waals surface area contributed by atoms with Gasteiger partial charge < -0.3 is 15.2 Å². The van der Waals surface area contributed by atoms with Crippen LogP contribution in [0.3, 0.4) is 0 Å². The van der Waals surface area contributed by atoms with Gasteiger partial charge in [0, 0.05) is 18.3 Å². The highest BCUT2D eigenvalue weighted by molar-refractivity contribution is 7.99. The van der Waals surface area contributed by atoms with Crippen LogP contribution in [0.4, 0.5) is 5.69 Å². The lowest BCUT2D eigenvalue weighted by atomic mass is 10.0. The van der Waals surface area contributed by atoms with E-state index in [1.165, 1.54) is 17.8 Å². The van der Waals surface area contributed by atoms with Crippen LogP contribution in [-0.2, 0) is 11.8 Å². The van der Waals surface area contributed by atoms with Crippen LogP contribution in [0.1, 0.15) is 41.6 Å². The maximum atomic E-state index is 12.8. The van der Waals surface area contributed by atoms with Crippen LogP contribution in [0.2, 0.25) is 10.0 Å². The van der Waals surface area contributed by atoms with Crippen molar-refractivity contribution in [2.45, 2.75) is 32.0 Å². The number of halogens is 2. The predicted octanol–water partition coefficient (Wildman–Crippen LogP) is 5.29. The molecule has 10 heteroatoms. The number of nitrogens with zero attached hydrogens (tertiary/aromatic N) is 3. The molecule has 33 heavy (non-hydrogen) atoms. The number of rotatable bonds is 8. The predicted molar refractivity (Wildman–Crippen MR) is 133 cm³/mol. The number of carbonyl (C=O) groups excluding carboxylic acids is 2. The van der Waals surface area contributed by atoms with Crippen LogP contribution in [0.15, 0.2) is 47.6 Å². The molecular weight excluding hydrogens is 481 g/mol. The lowest BCUT2D eigenvalue weighted by Crippen LogP contribution is -2.33. The van der Waals surface area contributed by atoms with Crippen molar-refractivity contribution in [2.75, 3.05) is 11.1 Å². The molecule has 0 aliphatic carbocycles. The molecule has 0 saturated carbocycles. The minimum atomic E-state index is -0.389. The fourth-order valence-electron chi connectivity index (χ4n) is 3.08. The highest BCUT2D eigenvalue weighted by Gasteiger charge is 2.25. The van der Waals surface area contributed by atoms with Crippen LogP contribution in [0, 0.1) is 12.8 Å². The van der Waals surface area contributed by atoms with Crippen molar-refractivity contribution in [3.63, 3.8) is 0 Å². The number of hydrogen-bond acceptors (Lipinski definition) is 5. The molecule has 1 atom stereocenters. The van der Waals surface area contributed by atoms with E-state index in [4.69, 9.17) is 23.2 Å². The van der Waals surface area contributed by atoms with E-state index in [1.54, 1.807) is 16.7 Å². The molecule has 1 heterocycles. The second-order valence-corrected chi connectivity index (χ2v) is 9.68. The van der Waals surface area contributed by atoms with Crippen molar-refractivity contribution in [1.29, 1.82) is 0 Å². The van der Waals surface area contributed by atoms with Crippen LogP contribution in [0.25, 0.3) is 0 Å². The number of aryl methyl sites for hydroxylation is 1. The van der Waals surface area contributed by atoms with Crippen LogP contribution >= 0.6 is 35.0 Å². The van der Waals surface area contributed by atoms with Gasteiger partial charge >= 0.3 is 0 Å². The van der Waals surface area contributed by atoms with Crippen molar-refractivity contribution in [3.05, 3.63) is 69.5 Å². The third-order valence-corrected chi connectivity index (χ3v) is 6.71. The smallest absolute Gasteiger partial charge is 0.251 e. The van der Waals surface area contributed by atoms with Gasteiger partial charge in [0.05, 0.1) is 21.8 Å². The summed E-state index contributed by atoms with van der Waals surface area (Å²) in [5.74, 6) is 0.396. The summed E-state index contributed by atoms with van der Waals surface area (Å²) in [6.07, 6.45) is 0. The quantitative estimate of drug-likeness (QED) is 0.406. The summed E-state index contributed by atoms with van der Waals surface area (Å²) in [5, 5.41) is 15.6. The number of aromatic nitrogens is 3. The number of anilines is 1. The molecule has 0 unspecified atom stereocenters. The van der Waals surface area contributed by atoms with Crippen molar-refractivity contribution >= 4 is 52.5 Å². The Labute approximate surface area is 207 Å². The second-order valence-electron chi connectivity index (χ2n) is 7.93. The first-order chi connectivity index (χ1) is 15.7. The van der Waals surface area contributed by atoms with Crippen molar-refractivity contribution < 1.29 is 9.59 Å².